The Labute approximate surface area is 139 Å². The van der Waals surface area contributed by atoms with Crippen molar-refractivity contribution in [1.29, 1.82) is 0 Å². The van der Waals surface area contributed by atoms with Crippen LogP contribution < -0.4 is 4.74 Å². The summed E-state index contributed by atoms with van der Waals surface area (Å²) in [5.74, 6) is -2.61. The summed E-state index contributed by atoms with van der Waals surface area (Å²) in [5.41, 5.74) is 0.710. The largest absolute Gasteiger partial charge is 0.491 e. The molecule has 1 aromatic carbocycles. The number of methoxy groups -OCH3 is 1. The van der Waals surface area contributed by atoms with E-state index in [0.29, 0.717) is 24.5 Å². The van der Waals surface area contributed by atoms with E-state index in [4.69, 9.17) is 14.2 Å². The molecule has 1 atom stereocenters. The van der Waals surface area contributed by atoms with Gasteiger partial charge in [0, 0.05) is 13.2 Å². The number of ether oxygens (including phenoxy) is 3. The second-order valence-electron chi connectivity index (χ2n) is 5.16. The van der Waals surface area contributed by atoms with Gasteiger partial charge in [0.2, 0.25) is 0 Å². The van der Waals surface area contributed by atoms with Crippen LogP contribution >= 0.6 is 0 Å². The SMILES string of the molecule is COCCOc1cccc(C=CC(=O)C2C(=O)C=C(C)OC2=O)c1. The Hall–Kier alpha value is -2.73. The Balaban J connectivity index is 2.05. The number of ketones is 2. The van der Waals surface area contributed by atoms with E-state index >= 15 is 0 Å². The van der Waals surface area contributed by atoms with Crippen LogP contribution in [-0.2, 0) is 23.9 Å². The van der Waals surface area contributed by atoms with Gasteiger partial charge in [0.1, 0.15) is 18.1 Å². The van der Waals surface area contributed by atoms with E-state index in [9.17, 15) is 14.4 Å². The van der Waals surface area contributed by atoms with Gasteiger partial charge in [0.25, 0.3) is 0 Å². The molecule has 0 saturated carbocycles. The molecule has 126 valence electrons. The molecular weight excluding hydrogens is 312 g/mol. The van der Waals surface area contributed by atoms with Gasteiger partial charge in [-0.25, -0.2) is 0 Å². The summed E-state index contributed by atoms with van der Waals surface area (Å²) in [5, 5.41) is 0. The highest BCUT2D eigenvalue weighted by atomic mass is 16.5. The van der Waals surface area contributed by atoms with Gasteiger partial charge in [-0.3, -0.25) is 14.4 Å². The first-order valence-corrected chi connectivity index (χ1v) is 7.39. The molecule has 2 rings (SSSR count). The fraction of sp³-hybridized carbons (Fsp3) is 0.278. The van der Waals surface area contributed by atoms with Crippen LogP contribution in [0.4, 0.5) is 0 Å². The molecule has 0 saturated heterocycles. The number of allylic oxidation sites excluding steroid dienone is 3. The molecule has 0 fully saturated rings. The predicted octanol–water partition coefficient (Wildman–Crippen LogP) is 1.94. The number of carbonyl (C=O) groups is 3. The Morgan fingerprint density at radius 2 is 2.08 bits per heavy atom. The number of cyclic esters (lactones) is 1. The summed E-state index contributed by atoms with van der Waals surface area (Å²) in [6.07, 6.45) is 3.88. The molecule has 0 radical (unpaired) electrons. The zero-order chi connectivity index (χ0) is 17.5. The van der Waals surface area contributed by atoms with Crippen LogP contribution in [0.5, 0.6) is 5.75 Å². The lowest BCUT2D eigenvalue weighted by atomic mass is 9.96. The molecule has 6 heteroatoms. The summed E-state index contributed by atoms with van der Waals surface area (Å²) in [6.45, 7) is 2.37. The third-order valence-corrected chi connectivity index (χ3v) is 3.27. The summed E-state index contributed by atoms with van der Waals surface area (Å²) < 4.78 is 15.2. The highest BCUT2D eigenvalue weighted by Crippen LogP contribution is 2.18. The van der Waals surface area contributed by atoms with Crippen molar-refractivity contribution >= 4 is 23.6 Å². The molecule has 6 nitrogen and oxygen atoms in total. The second-order valence-corrected chi connectivity index (χ2v) is 5.16. The molecule has 0 N–H and O–H groups in total. The molecule has 1 aromatic rings. The predicted molar refractivity (Wildman–Crippen MR) is 86.2 cm³/mol. The first-order chi connectivity index (χ1) is 11.5. The average Bonchev–Trinajstić information content (AvgIpc) is 2.52. The number of benzene rings is 1. The standard InChI is InChI=1S/C18H18O6/c1-12-10-16(20)17(18(21)24-12)15(19)7-6-13-4-3-5-14(11-13)23-9-8-22-2/h3-7,10-11,17H,8-9H2,1-2H3. The molecule has 1 heterocycles. The van der Waals surface area contributed by atoms with Crippen molar-refractivity contribution in [3.8, 4) is 5.75 Å². The van der Waals surface area contributed by atoms with E-state index < -0.39 is 23.5 Å². The Kier molecular flexibility index (Phi) is 6.03. The third kappa shape index (κ3) is 4.63. The Morgan fingerprint density at radius 3 is 2.79 bits per heavy atom. The molecule has 0 amide bonds. The molecule has 0 bridgehead atoms. The monoisotopic (exact) mass is 330 g/mol. The maximum Gasteiger partial charge on any atom is 0.329 e. The lowest BCUT2D eigenvalue weighted by molar-refractivity contribution is -0.151. The maximum absolute atomic E-state index is 12.1. The third-order valence-electron chi connectivity index (χ3n) is 3.27. The molecule has 1 aliphatic heterocycles. The van der Waals surface area contributed by atoms with Crippen LogP contribution in [-0.4, -0.2) is 37.9 Å². The lowest BCUT2D eigenvalue weighted by Crippen LogP contribution is -2.34. The quantitative estimate of drug-likeness (QED) is 0.329. The van der Waals surface area contributed by atoms with E-state index in [1.807, 2.05) is 0 Å². The van der Waals surface area contributed by atoms with E-state index in [2.05, 4.69) is 0 Å². The zero-order valence-electron chi connectivity index (χ0n) is 13.5. The molecule has 0 aliphatic carbocycles. The summed E-state index contributed by atoms with van der Waals surface area (Å²) >= 11 is 0. The molecule has 1 aliphatic rings. The van der Waals surface area contributed by atoms with E-state index in [1.54, 1.807) is 31.4 Å². The molecule has 24 heavy (non-hydrogen) atoms. The Morgan fingerprint density at radius 1 is 1.29 bits per heavy atom. The van der Waals surface area contributed by atoms with Gasteiger partial charge in [-0.2, -0.15) is 0 Å². The molecule has 0 spiro atoms. The van der Waals surface area contributed by atoms with Crippen molar-refractivity contribution < 1.29 is 28.6 Å². The van der Waals surface area contributed by atoms with Gasteiger partial charge in [-0.1, -0.05) is 18.2 Å². The van der Waals surface area contributed by atoms with Crippen LogP contribution in [0.3, 0.4) is 0 Å². The van der Waals surface area contributed by atoms with Crippen molar-refractivity contribution in [1.82, 2.24) is 0 Å². The topological polar surface area (TPSA) is 78.9 Å². The van der Waals surface area contributed by atoms with E-state index in [0.717, 1.165) is 6.08 Å². The van der Waals surface area contributed by atoms with E-state index in [-0.39, 0.29) is 5.76 Å². The number of hydrogen-bond acceptors (Lipinski definition) is 6. The van der Waals surface area contributed by atoms with Crippen molar-refractivity contribution in [2.75, 3.05) is 20.3 Å². The van der Waals surface area contributed by atoms with Crippen LogP contribution in [0.2, 0.25) is 0 Å². The average molecular weight is 330 g/mol. The lowest BCUT2D eigenvalue weighted by Gasteiger charge is -2.15. The summed E-state index contributed by atoms with van der Waals surface area (Å²) in [6, 6.07) is 7.07. The van der Waals surface area contributed by atoms with Crippen LogP contribution in [0, 0.1) is 5.92 Å². The van der Waals surface area contributed by atoms with Gasteiger partial charge < -0.3 is 14.2 Å². The van der Waals surface area contributed by atoms with Crippen LogP contribution in [0.15, 0.2) is 42.2 Å². The zero-order valence-corrected chi connectivity index (χ0v) is 13.5. The van der Waals surface area contributed by atoms with Crippen molar-refractivity contribution in [3.63, 3.8) is 0 Å². The highest BCUT2D eigenvalue weighted by Gasteiger charge is 2.36. The van der Waals surface area contributed by atoms with Crippen molar-refractivity contribution in [3.05, 3.63) is 47.7 Å². The minimum atomic E-state index is -1.42. The highest BCUT2D eigenvalue weighted by molar-refractivity contribution is 6.25. The second kappa shape index (κ2) is 8.21. The number of esters is 1. The number of carbonyl (C=O) groups excluding carboxylic acids is 3. The fourth-order valence-corrected chi connectivity index (χ4v) is 2.13. The fourth-order valence-electron chi connectivity index (χ4n) is 2.13. The summed E-state index contributed by atoms with van der Waals surface area (Å²) in [7, 11) is 1.59. The van der Waals surface area contributed by atoms with Gasteiger partial charge in [-0.05, 0) is 30.7 Å². The number of hydrogen-bond donors (Lipinski definition) is 0. The normalized spacial score (nSPS) is 17.6. The molecule has 0 aromatic heterocycles. The molecule has 1 unspecified atom stereocenters. The number of rotatable bonds is 7. The van der Waals surface area contributed by atoms with Crippen LogP contribution in [0.25, 0.3) is 6.08 Å². The van der Waals surface area contributed by atoms with Gasteiger partial charge in [0.05, 0.1) is 6.61 Å². The first kappa shape index (κ1) is 17.6. The van der Waals surface area contributed by atoms with Gasteiger partial charge >= 0.3 is 5.97 Å². The Bertz CT molecular complexity index is 701. The van der Waals surface area contributed by atoms with Gasteiger partial charge in [-0.15, -0.1) is 0 Å². The first-order valence-electron chi connectivity index (χ1n) is 7.39. The van der Waals surface area contributed by atoms with Crippen molar-refractivity contribution in [2.45, 2.75) is 6.92 Å². The smallest absolute Gasteiger partial charge is 0.329 e. The minimum absolute atomic E-state index is 0.193. The van der Waals surface area contributed by atoms with Crippen molar-refractivity contribution in [2.24, 2.45) is 5.92 Å². The molecular formula is C18H18O6. The van der Waals surface area contributed by atoms with E-state index in [1.165, 1.54) is 19.1 Å². The minimum Gasteiger partial charge on any atom is -0.491 e. The van der Waals surface area contributed by atoms with Gasteiger partial charge in [0.15, 0.2) is 17.5 Å². The maximum atomic E-state index is 12.1. The van der Waals surface area contributed by atoms with Crippen LogP contribution in [0.1, 0.15) is 12.5 Å². The summed E-state index contributed by atoms with van der Waals surface area (Å²) in [4.78, 5) is 35.6.